The van der Waals surface area contributed by atoms with Crippen LogP contribution in [0, 0.1) is 19.8 Å². The van der Waals surface area contributed by atoms with Gasteiger partial charge in [-0.2, -0.15) is 0 Å². The van der Waals surface area contributed by atoms with Gasteiger partial charge in [0.2, 0.25) is 0 Å². The lowest BCUT2D eigenvalue weighted by molar-refractivity contribution is 0.0899. The molecule has 0 bridgehead atoms. The summed E-state index contributed by atoms with van der Waals surface area (Å²) in [5, 5.41) is 0. The van der Waals surface area contributed by atoms with Gasteiger partial charge in [0.15, 0.2) is 23.1 Å². The Morgan fingerprint density at radius 1 is 1.03 bits per heavy atom. The number of rotatable bonds is 4. The predicted molar refractivity (Wildman–Crippen MR) is 121 cm³/mol. The first-order valence-corrected chi connectivity index (χ1v) is 11.0. The Bertz CT molecular complexity index is 1140. The van der Waals surface area contributed by atoms with Crippen molar-refractivity contribution in [3.63, 3.8) is 0 Å². The maximum atomic E-state index is 13.1. The molecule has 0 N–H and O–H groups in total. The van der Waals surface area contributed by atoms with Crippen molar-refractivity contribution in [2.45, 2.75) is 26.7 Å². The van der Waals surface area contributed by atoms with Crippen molar-refractivity contribution in [2.75, 3.05) is 31.2 Å². The summed E-state index contributed by atoms with van der Waals surface area (Å²) in [5.41, 5.74) is 3.64. The lowest BCUT2D eigenvalue weighted by atomic mass is 9.88. The predicted octanol–water partition coefficient (Wildman–Crippen LogP) is 4.03. The highest BCUT2D eigenvalue weighted by Crippen LogP contribution is 2.33. The van der Waals surface area contributed by atoms with Crippen LogP contribution in [0.4, 0.5) is 5.82 Å². The van der Waals surface area contributed by atoms with Crippen molar-refractivity contribution in [1.29, 1.82) is 0 Å². The fourth-order valence-electron chi connectivity index (χ4n) is 4.33. The monoisotopic (exact) mass is 430 g/mol. The van der Waals surface area contributed by atoms with E-state index < -0.39 is 0 Å². The lowest BCUT2D eigenvalue weighted by Crippen LogP contribution is -2.37. The number of hydrogen-bond acceptors (Lipinski definition) is 7. The average molecular weight is 431 g/mol. The number of carbonyl (C=O) groups excluding carboxylic acids is 1. The molecular weight excluding hydrogens is 404 g/mol. The Labute approximate surface area is 187 Å². The number of ether oxygens (including phenoxy) is 2. The van der Waals surface area contributed by atoms with Crippen LogP contribution in [0.2, 0.25) is 0 Å². The molecular formula is C25H26N4O3. The number of benzene rings is 1. The molecule has 0 spiro atoms. The molecule has 7 heteroatoms. The van der Waals surface area contributed by atoms with E-state index >= 15 is 0 Å². The van der Waals surface area contributed by atoms with Gasteiger partial charge in [0.05, 0.1) is 0 Å². The Hall–Kier alpha value is -3.48. The summed E-state index contributed by atoms with van der Waals surface area (Å²) in [5.74, 6) is 3.17. The minimum absolute atomic E-state index is 0.00478. The van der Waals surface area contributed by atoms with Gasteiger partial charge in [-0.05, 0) is 57.0 Å². The summed E-state index contributed by atoms with van der Waals surface area (Å²) in [6.07, 6.45) is 5.11. The van der Waals surface area contributed by atoms with E-state index in [0.29, 0.717) is 36.1 Å². The van der Waals surface area contributed by atoms with Gasteiger partial charge in [0, 0.05) is 53.8 Å². The van der Waals surface area contributed by atoms with E-state index in [-0.39, 0.29) is 11.7 Å². The molecule has 0 radical (unpaired) electrons. The molecule has 164 valence electrons. The molecule has 0 unspecified atom stereocenters. The third kappa shape index (κ3) is 3.90. The van der Waals surface area contributed by atoms with E-state index in [1.165, 1.54) is 0 Å². The van der Waals surface area contributed by atoms with Crippen molar-refractivity contribution in [1.82, 2.24) is 15.0 Å². The SMILES string of the molecule is Cc1nc(-c2cccnc2)nc(N2CCC(C(=O)c3ccc4c(c3)OCCO4)CC2)c1C. The Morgan fingerprint density at radius 2 is 1.81 bits per heavy atom. The van der Waals surface area contributed by atoms with Gasteiger partial charge >= 0.3 is 0 Å². The van der Waals surface area contributed by atoms with Crippen LogP contribution in [-0.2, 0) is 0 Å². The first-order valence-electron chi connectivity index (χ1n) is 11.0. The van der Waals surface area contributed by atoms with Crippen LogP contribution in [0.15, 0.2) is 42.7 Å². The number of hydrogen-bond donors (Lipinski definition) is 0. The molecule has 1 aromatic carbocycles. The van der Waals surface area contributed by atoms with E-state index in [0.717, 1.165) is 48.6 Å². The molecule has 32 heavy (non-hydrogen) atoms. The topological polar surface area (TPSA) is 77.4 Å². The quantitative estimate of drug-likeness (QED) is 0.579. The van der Waals surface area contributed by atoms with Crippen LogP contribution >= 0.6 is 0 Å². The fourth-order valence-corrected chi connectivity index (χ4v) is 4.33. The van der Waals surface area contributed by atoms with Gasteiger partial charge in [0.1, 0.15) is 19.0 Å². The van der Waals surface area contributed by atoms with E-state index in [1.807, 2.05) is 37.3 Å². The number of ketones is 1. The van der Waals surface area contributed by atoms with Gasteiger partial charge in [-0.25, -0.2) is 9.97 Å². The Balaban J connectivity index is 1.32. The smallest absolute Gasteiger partial charge is 0.166 e. The van der Waals surface area contributed by atoms with Gasteiger partial charge in [0.25, 0.3) is 0 Å². The second-order valence-corrected chi connectivity index (χ2v) is 8.31. The van der Waals surface area contributed by atoms with Crippen LogP contribution in [0.3, 0.4) is 0 Å². The number of carbonyl (C=O) groups is 1. The highest BCUT2D eigenvalue weighted by Gasteiger charge is 2.28. The maximum Gasteiger partial charge on any atom is 0.166 e. The molecule has 2 aliphatic rings. The van der Waals surface area contributed by atoms with Crippen molar-refractivity contribution >= 4 is 11.6 Å². The number of aromatic nitrogens is 3. The normalized spacial score (nSPS) is 16.1. The minimum atomic E-state index is -0.00478. The Kier molecular flexibility index (Phi) is 5.47. The molecule has 7 nitrogen and oxygen atoms in total. The van der Waals surface area contributed by atoms with Crippen LogP contribution in [0.25, 0.3) is 11.4 Å². The lowest BCUT2D eigenvalue weighted by Gasteiger charge is -2.33. The van der Waals surface area contributed by atoms with Crippen LogP contribution in [0.1, 0.15) is 34.5 Å². The highest BCUT2D eigenvalue weighted by atomic mass is 16.6. The van der Waals surface area contributed by atoms with Crippen molar-refractivity contribution in [3.8, 4) is 22.9 Å². The number of nitrogens with zero attached hydrogens (tertiary/aromatic N) is 4. The molecule has 2 aliphatic heterocycles. The van der Waals surface area contributed by atoms with E-state index in [2.05, 4.69) is 21.8 Å². The molecule has 1 saturated heterocycles. The summed E-state index contributed by atoms with van der Waals surface area (Å²) in [4.78, 5) is 29.1. The molecule has 0 amide bonds. The third-order valence-corrected chi connectivity index (χ3v) is 6.28. The molecule has 1 fully saturated rings. The Morgan fingerprint density at radius 3 is 2.56 bits per heavy atom. The fraction of sp³-hybridized carbons (Fsp3) is 0.360. The zero-order valence-corrected chi connectivity index (χ0v) is 18.4. The first-order chi connectivity index (χ1) is 15.6. The molecule has 0 aliphatic carbocycles. The summed E-state index contributed by atoms with van der Waals surface area (Å²) in [6.45, 7) is 6.70. The zero-order valence-electron chi connectivity index (χ0n) is 18.4. The van der Waals surface area contributed by atoms with Crippen molar-refractivity contribution in [2.24, 2.45) is 5.92 Å². The maximum absolute atomic E-state index is 13.1. The molecule has 5 rings (SSSR count). The summed E-state index contributed by atoms with van der Waals surface area (Å²) in [6, 6.07) is 9.37. The highest BCUT2D eigenvalue weighted by molar-refractivity contribution is 5.98. The van der Waals surface area contributed by atoms with Gasteiger partial charge in [-0.3, -0.25) is 9.78 Å². The zero-order chi connectivity index (χ0) is 22.1. The summed E-state index contributed by atoms with van der Waals surface area (Å²) in [7, 11) is 0. The number of piperidine rings is 1. The molecule has 3 aromatic rings. The van der Waals surface area contributed by atoms with Crippen LogP contribution < -0.4 is 14.4 Å². The number of pyridine rings is 1. The second-order valence-electron chi connectivity index (χ2n) is 8.31. The van der Waals surface area contributed by atoms with Crippen molar-refractivity contribution in [3.05, 3.63) is 59.5 Å². The van der Waals surface area contributed by atoms with Crippen LogP contribution in [-0.4, -0.2) is 47.0 Å². The standard InChI is InChI=1S/C25H26N4O3/c1-16-17(2)27-24(20-4-3-9-26-15-20)28-25(16)29-10-7-18(8-11-29)23(30)19-5-6-21-22(14-19)32-13-12-31-21/h3-6,9,14-15,18H,7-8,10-13H2,1-2H3. The molecule has 4 heterocycles. The van der Waals surface area contributed by atoms with Crippen molar-refractivity contribution < 1.29 is 14.3 Å². The molecule has 0 atom stereocenters. The van der Waals surface area contributed by atoms with Gasteiger partial charge < -0.3 is 14.4 Å². The molecule has 0 saturated carbocycles. The number of anilines is 1. The van der Waals surface area contributed by atoms with Gasteiger partial charge in [-0.15, -0.1) is 0 Å². The second kappa shape index (κ2) is 8.57. The summed E-state index contributed by atoms with van der Waals surface area (Å²) >= 11 is 0. The number of aryl methyl sites for hydroxylation is 1. The third-order valence-electron chi connectivity index (χ3n) is 6.28. The minimum Gasteiger partial charge on any atom is -0.486 e. The number of fused-ring (bicyclic) bond motifs is 1. The largest absolute Gasteiger partial charge is 0.486 e. The first kappa shape index (κ1) is 20.4. The molecule has 2 aromatic heterocycles. The number of Topliss-reactive ketones (excluding diaryl/α,β-unsaturated/α-hetero) is 1. The van der Waals surface area contributed by atoms with E-state index in [9.17, 15) is 4.79 Å². The average Bonchev–Trinajstić information content (AvgIpc) is 2.85. The summed E-state index contributed by atoms with van der Waals surface area (Å²) < 4.78 is 11.2. The van der Waals surface area contributed by atoms with Gasteiger partial charge in [-0.1, -0.05) is 0 Å². The van der Waals surface area contributed by atoms with E-state index in [1.54, 1.807) is 12.4 Å². The van der Waals surface area contributed by atoms with E-state index in [4.69, 9.17) is 14.5 Å². The van der Waals surface area contributed by atoms with Crippen LogP contribution in [0.5, 0.6) is 11.5 Å².